The van der Waals surface area contributed by atoms with Crippen molar-refractivity contribution >= 4 is 11.8 Å². The van der Waals surface area contributed by atoms with Gasteiger partial charge >= 0.3 is 0 Å². The summed E-state index contributed by atoms with van der Waals surface area (Å²) in [6.45, 7) is 7.39. The molecule has 18 heavy (non-hydrogen) atoms. The van der Waals surface area contributed by atoms with Crippen LogP contribution in [0.1, 0.15) is 46.0 Å². The molecule has 1 saturated carbocycles. The van der Waals surface area contributed by atoms with Crippen LogP contribution in [0.4, 0.5) is 0 Å². The minimum absolute atomic E-state index is 0.758. The lowest BCUT2D eigenvalue weighted by atomic mass is 9.85. The molecule has 0 aromatic rings. The van der Waals surface area contributed by atoms with Crippen LogP contribution >= 0.6 is 11.8 Å². The Bertz CT molecular complexity index is 270. The van der Waals surface area contributed by atoms with Gasteiger partial charge in [0, 0.05) is 42.2 Å². The van der Waals surface area contributed by atoms with Crippen LogP contribution < -0.4 is 5.32 Å². The Morgan fingerprint density at radius 3 is 2.89 bits per heavy atom. The molecule has 3 aliphatic rings. The van der Waals surface area contributed by atoms with Crippen LogP contribution in [0.2, 0.25) is 0 Å². The number of rotatable bonds is 2. The first-order valence-corrected chi connectivity index (χ1v) is 8.90. The summed E-state index contributed by atoms with van der Waals surface area (Å²) in [6.07, 6.45) is 7.28. The summed E-state index contributed by atoms with van der Waals surface area (Å²) >= 11 is 2.15. The number of thioether (sulfide) groups is 1. The van der Waals surface area contributed by atoms with Crippen LogP contribution in [0, 0.1) is 5.92 Å². The topological polar surface area (TPSA) is 15.3 Å². The molecule has 0 spiro atoms. The third kappa shape index (κ3) is 2.73. The molecule has 5 unspecified atom stereocenters. The molecule has 0 aromatic heterocycles. The normalized spacial score (nSPS) is 46.0. The molecular formula is C15H28N2S. The zero-order chi connectivity index (χ0) is 12.5. The van der Waals surface area contributed by atoms with Gasteiger partial charge in [-0.3, -0.25) is 4.90 Å². The molecule has 5 atom stereocenters. The van der Waals surface area contributed by atoms with Gasteiger partial charge in [0.05, 0.1) is 0 Å². The highest BCUT2D eigenvalue weighted by molar-refractivity contribution is 8.00. The summed E-state index contributed by atoms with van der Waals surface area (Å²) in [5.74, 6) is 2.32. The molecule has 2 nitrogen and oxygen atoms in total. The SMILES string of the molecule is CC1SCCN(CC2CC3CCCCC3N2)C1C. The van der Waals surface area contributed by atoms with Crippen LogP contribution in [-0.2, 0) is 0 Å². The first-order chi connectivity index (χ1) is 8.74. The van der Waals surface area contributed by atoms with Gasteiger partial charge in [-0.1, -0.05) is 19.8 Å². The highest BCUT2D eigenvalue weighted by atomic mass is 32.2. The van der Waals surface area contributed by atoms with Crippen molar-refractivity contribution in [3.63, 3.8) is 0 Å². The van der Waals surface area contributed by atoms with E-state index in [4.69, 9.17) is 0 Å². The quantitative estimate of drug-likeness (QED) is 0.829. The second-order valence-electron chi connectivity index (χ2n) is 6.56. The monoisotopic (exact) mass is 268 g/mol. The zero-order valence-electron chi connectivity index (χ0n) is 11.9. The van der Waals surface area contributed by atoms with Gasteiger partial charge in [0.25, 0.3) is 0 Å². The highest BCUT2D eigenvalue weighted by Gasteiger charge is 2.36. The lowest BCUT2D eigenvalue weighted by Crippen LogP contribution is -2.50. The van der Waals surface area contributed by atoms with Gasteiger partial charge < -0.3 is 5.32 Å². The van der Waals surface area contributed by atoms with E-state index in [9.17, 15) is 0 Å². The average Bonchev–Trinajstić information content (AvgIpc) is 2.77. The molecule has 0 bridgehead atoms. The maximum absolute atomic E-state index is 3.93. The first kappa shape index (κ1) is 13.3. The smallest absolute Gasteiger partial charge is 0.0201 e. The van der Waals surface area contributed by atoms with Crippen LogP contribution in [0.3, 0.4) is 0 Å². The average molecular weight is 268 g/mol. The molecule has 2 aliphatic heterocycles. The number of nitrogens with one attached hydrogen (secondary N) is 1. The van der Waals surface area contributed by atoms with E-state index >= 15 is 0 Å². The predicted molar refractivity (Wildman–Crippen MR) is 80.2 cm³/mol. The van der Waals surface area contributed by atoms with Gasteiger partial charge in [-0.2, -0.15) is 11.8 Å². The zero-order valence-corrected chi connectivity index (χ0v) is 12.7. The summed E-state index contributed by atoms with van der Waals surface area (Å²) in [7, 11) is 0. The second-order valence-corrected chi connectivity index (χ2v) is 8.05. The Labute approximate surface area is 116 Å². The molecule has 1 aliphatic carbocycles. The van der Waals surface area contributed by atoms with E-state index in [1.54, 1.807) is 0 Å². The fourth-order valence-electron chi connectivity index (χ4n) is 4.11. The number of hydrogen-bond acceptors (Lipinski definition) is 3. The van der Waals surface area contributed by atoms with Crippen LogP contribution in [0.5, 0.6) is 0 Å². The summed E-state index contributed by atoms with van der Waals surface area (Å²) in [6, 6.07) is 2.39. The van der Waals surface area contributed by atoms with Crippen molar-refractivity contribution in [2.45, 2.75) is 69.3 Å². The van der Waals surface area contributed by atoms with Crippen molar-refractivity contribution in [2.24, 2.45) is 5.92 Å². The van der Waals surface area contributed by atoms with Crippen molar-refractivity contribution < 1.29 is 0 Å². The van der Waals surface area contributed by atoms with Gasteiger partial charge in [-0.05, 0) is 32.1 Å². The minimum Gasteiger partial charge on any atom is -0.310 e. The summed E-state index contributed by atoms with van der Waals surface area (Å²) in [4.78, 5) is 2.73. The van der Waals surface area contributed by atoms with Crippen molar-refractivity contribution in [2.75, 3.05) is 18.8 Å². The van der Waals surface area contributed by atoms with E-state index in [2.05, 4.69) is 35.8 Å². The van der Waals surface area contributed by atoms with Gasteiger partial charge in [0.15, 0.2) is 0 Å². The van der Waals surface area contributed by atoms with Gasteiger partial charge in [-0.25, -0.2) is 0 Å². The van der Waals surface area contributed by atoms with Gasteiger partial charge in [0.2, 0.25) is 0 Å². The lowest BCUT2D eigenvalue weighted by Gasteiger charge is -2.39. The van der Waals surface area contributed by atoms with Crippen LogP contribution in [0.15, 0.2) is 0 Å². The Morgan fingerprint density at radius 1 is 1.22 bits per heavy atom. The maximum Gasteiger partial charge on any atom is 0.0201 e. The summed E-state index contributed by atoms with van der Waals surface area (Å²) in [5.41, 5.74) is 0. The minimum atomic E-state index is 0.758. The third-order valence-electron chi connectivity index (χ3n) is 5.42. The largest absolute Gasteiger partial charge is 0.310 e. The predicted octanol–water partition coefficient (Wildman–Crippen LogP) is 2.73. The van der Waals surface area contributed by atoms with E-state index in [0.717, 1.165) is 29.3 Å². The van der Waals surface area contributed by atoms with Crippen molar-refractivity contribution in [3.05, 3.63) is 0 Å². The Hall–Kier alpha value is 0.270. The van der Waals surface area contributed by atoms with E-state index in [0.29, 0.717) is 0 Å². The maximum atomic E-state index is 3.93. The molecule has 0 amide bonds. The third-order valence-corrected chi connectivity index (χ3v) is 6.75. The molecule has 0 radical (unpaired) electrons. The summed E-state index contributed by atoms with van der Waals surface area (Å²) in [5, 5.41) is 4.73. The molecular weight excluding hydrogens is 240 g/mol. The van der Waals surface area contributed by atoms with Crippen LogP contribution in [-0.4, -0.2) is 47.1 Å². The molecule has 2 saturated heterocycles. The molecule has 1 N–H and O–H groups in total. The molecule has 104 valence electrons. The van der Waals surface area contributed by atoms with Crippen molar-refractivity contribution in [1.29, 1.82) is 0 Å². The van der Waals surface area contributed by atoms with Crippen LogP contribution in [0.25, 0.3) is 0 Å². The highest BCUT2D eigenvalue weighted by Crippen LogP contribution is 2.34. The molecule has 3 fully saturated rings. The first-order valence-electron chi connectivity index (χ1n) is 7.85. The van der Waals surface area contributed by atoms with Crippen molar-refractivity contribution in [1.82, 2.24) is 10.2 Å². The lowest BCUT2D eigenvalue weighted by molar-refractivity contribution is 0.193. The fourth-order valence-corrected chi connectivity index (χ4v) is 5.27. The molecule has 3 heteroatoms. The molecule has 2 heterocycles. The molecule has 3 rings (SSSR count). The van der Waals surface area contributed by atoms with Gasteiger partial charge in [0.1, 0.15) is 0 Å². The number of hydrogen-bond donors (Lipinski definition) is 1. The van der Waals surface area contributed by atoms with E-state index in [-0.39, 0.29) is 0 Å². The second kappa shape index (κ2) is 5.72. The fraction of sp³-hybridized carbons (Fsp3) is 1.00. The van der Waals surface area contributed by atoms with E-state index in [1.807, 2.05) is 0 Å². The van der Waals surface area contributed by atoms with Crippen molar-refractivity contribution in [3.8, 4) is 0 Å². The summed E-state index contributed by atoms with van der Waals surface area (Å²) < 4.78 is 0. The molecule has 0 aromatic carbocycles. The number of fused-ring (bicyclic) bond motifs is 1. The van der Waals surface area contributed by atoms with Gasteiger partial charge in [-0.15, -0.1) is 0 Å². The Morgan fingerprint density at radius 2 is 2.06 bits per heavy atom. The van der Waals surface area contributed by atoms with E-state index < -0.39 is 0 Å². The Kier molecular flexibility index (Phi) is 4.21. The number of nitrogens with zero attached hydrogens (tertiary/aromatic N) is 1. The Balaban J connectivity index is 1.54. The standard InChI is InChI=1S/C15H28N2S/c1-11-12(2)18-8-7-17(11)10-14-9-13-5-3-4-6-15(13)16-14/h11-16H,3-10H2,1-2H3. The van der Waals surface area contributed by atoms with E-state index in [1.165, 1.54) is 50.9 Å².